The number of ether oxygens (including phenoxy) is 1. The second kappa shape index (κ2) is 4.59. The first kappa shape index (κ1) is 12.1. The van der Waals surface area contributed by atoms with Crippen LogP contribution in [0.2, 0.25) is 0 Å². The van der Waals surface area contributed by atoms with Gasteiger partial charge < -0.3 is 4.74 Å². The Morgan fingerprint density at radius 2 is 1.68 bits per heavy atom. The number of epoxide rings is 1. The van der Waals surface area contributed by atoms with Gasteiger partial charge in [0.1, 0.15) is 11.9 Å². The Hall–Kier alpha value is -2.00. The summed E-state index contributed by atoms with van der Waals surface area (Å²) in [6.45, 7) is 1.98. The van der Waals surface area contributed by atoms with Gasteiger partial charge in [-0.15, -0.1) is 0 Å². The van der Waals surface area contributed by atoms with Gasteiger partial charge in [-0.1, -0.05) is 42.0 Å². The largest absolute Gasteiger partial charge is 0.356 e. The molecule has 19 heavy (non-hydrogen) atoms. The van der Waals surface area contributed by atoms with Crippen molar-refractivity contribution in [2.75, 3.05) is 0 Å². The van der Waals surface area contributed by atoms with E-state index in [0.717, 1.165) is 11.1 Å². The smallest absolute Gasteiger partial charge is 0.194 e. The molecular formula is C16H13FO2. The van der Waals surface area contributed by atoms with Gasteiger partial charge in [-0.3, -0.25) is 4.79 Å². The zero-order valence-electron chi connectivity index (χ0n) is 10.5. The van der Waals surface area contributed by atoms with E-state index in [1.54, 1.807) is 24.3 Å². The third-order valence-electron chi connectivity index (χ3n) is 3.28. The summed E-state index contributed by atoms with van der Waals surface area (Å²) in [5.41, 5.74) is 2.61. The van der Waals surface area contributed by atoms with Gasteiger partial charge in [0, 0.05) is 5.56 Å². The minimum Gasteiger partial charge on any atom is -0.356 e. The van der Waals surface area contributed by atoms with Crippen LogP contribution in [-0.4, -0.2) is 11.9 Å². The van der Waals surface area contributed by atoms with E-state index >= 15 is 0 Å². The average Bonchev–Trinajstić information content (AvgIpc) is 3.20. The number of hydrogen-bond acceptors (Lipinski definition) is 2. The summed E-state index contributed by atoms with van der Waals surface area (Å²) in [6, 6.07) is 13.5. The zero-order valence-corrected chi connectivity index (χ0v) is 10.5. The van der Waals surface area contributed by atoms with Crippen LogP contribution in [0.3, 0.4) is 0 Å². The van der Waals surface area contributed by atoms with E-state index in [4.69, 9.17) is 4.74 Å². The molecule has 1 fully saturated rings. The fourth-order valence-electron chi connectivity index (χ4n) is 2.10. The molecule has 1 heterocycles. The number of ketones is 1. The second-order valence-corrected chi connectivity index (χ2v) is 4.76. The van der Waals surface area contributed by atoms with Crippen LogP contribution >= 0.6 is 0 Å². The lowest BCUT2D eigenvalue weighted by Crippen LogP contribution is -2.08. The van der Waals surface area contributed by atoms with Crippen molar-refractivity contribution in [1.29, 1.82) is 0 Å². The standard InChI is InChI=1S/C16H13FO2/c1-10-2-4-11(5-3-10)14(18)16-15(19-16)12-6-8-13(17)9-7-12/h2-9,15-16H,1H3. The molecule has 1 aliphatic heterocycles. The third-order valence-corrected chi connectivity index (χ3v) is 3.28. The van der Waals surface area contributed by atoms with Crippen molar-refractivity contribution >= 4 is 5.78 Å². The number of benzene rings is 2. The highest BCUT2D eigenvalue weighted by molar-refractivity contribution is 6.01. The van der Waals surface area contributed by atoms with E-state index in [9.17, 15) is 9.18 Å². The Labute approximate surface area is 110 Å². The van der Waals surface area contributed by atoms with Crippen molar-refractivity contribution in [3.63, 3.8) is 0 Å². The van der Waals surface area contributed by atoms with Crippen molar-refractivity contribution < 1.29 is 13.9 Å². The molecule has 0 bridgehead atoms. The fourth-order valence-corrected chi connectivity index (χ4v) is 2.10. The van der Waals surface area contributed by atoms with E-state index in [-0.39, 0.29) is 17.7 Å². The number of Topliss-reactive ketones (excluding diaryl/α,β-unsaturated/α-hetero) is 1. The summed E-state index contributed by atoms with van der Waals surface area (Å²) in [6.07, 6.45) is -0.678. The first-order valence-electron chi connectivity index (χ1n) is 6.17. The van der Waals surface area contributed by atoms with Crippen LogP contribution in [0.25, 0.3) is 0 Å². The molecule has 0 N–H and O–H groups in total. The molecule has 0 aliphatic carbocycles. The van der Waals surface area contributed by atoms with Crippen molar-refractivity contribution in [2.45, 2.75) is 19.1 Å². The average molecular weight is 256 g/mol. The SMILES string of the molecule is Cc1ccc(C(=O)C2OC2c2ccc(F)cc2)cc1. The summed E-state index contributed by atoms with van der Waals surface area (Å²) >= 11 is 0. The lowest BCUT2D eigenvalue weighted by molar-refractivity contribution is 0.0953. The Morgan fingerprint density at radius 1 is 1.05 bits per heavy atom. The molecule has 2 atom stereocenters. The predicted octanol–water partition coefficient (Wildman–Crippen LogP) is 3.46. The molecule has 0 radical (unpaired) electrons. The molecule has 2 nitrogen and oxygen atoms in total. The highest BCUT2D eigenvalue weighted by Crippen LogP contribution is 2.40. The summed E-state index contributed by atoms with van der Waals surface area (Å²) in [4.78, 5) is 12.2. The van der Waals surface area contributed by atoms with Gasteiger partial charge in [-0.25, -0.2) is 4.39 Å². The van der Waals surface area contributed by atoms with Gasteiger partial charge >= 0.3 is 0 Å². The van der Waals surface area contributed by atoms with Crippen LogP contribution in [0.1, 0.15) is 27.6 Å². The molecule has 2 aromatic rings. The first-order valence-corrected chi connectivity index (χ1v) is 6.17. The number of rotatable bonds is 3. The predicted molar refractivity (Wildman–Crippen MR) is 69.5 cm³/mol. The summed E-state index contributed by atoms with van der Waals surface area (Å²) in [5, 5.41) is 0. The Kier molecular flexibility index (Phi) is 2.91. The molecule has 0 spiro atoms. The monoisotopic (exact) mass is 256 g/mol. The molecule has 3 heteroatoms. The summed E-state index contributed by atoms with van der Waals surface area (Å²) < 4.78 is 18.2. The minimum atomic E-state index is -0.437. The molecule has 2 aromatic carbocycles. The fraction of sp³-hybridized carbons (Fsp3) is 0.188. The van der Waals surface area contributed by atoms with Gasteiger partial charge in [0.05, 0.1) is 0 Å². The van der Waals surface area contributed by atoms with Gasteiger partial charge in [0.25, 0.3) is 0 Å². The van der Waals surface area contributed by atoms with Crippen molar-refractivity contribution in [3.05, 3.63) is 71.0 Å². The van der Waals surface area contributed by atoms with Gasteiger partial charge in [-0.2, -0.15) is 0 Å². The number of hydrogen-bond donors (Lipinski definition) is 0. The van der Waals surface area contributed by atoms with E-state index in [1.807, 2.05) is 19.1 Å². The van der Waals surface area contributed by atoms with E-state index in [1.165, 1.54) is 12.1 Å². The molecule has 0 saturated carbocycles. The highest BCUT2D eigenvalue weighted by atomic mass is 19.1. The van der Waals surface area contributed by atoms with Gasteiger partial charge in [0.2, 0.25) is 0 Å². The van der Waals surface area contributed by atoms with Crippen molar-refractivity contribution in [1.82, 2.24) is 0 Å². The topological polar surface area (TPSA) is 29.6 Å². The second-order valence-electron chi connectivity index (χ2n) is 4.76. The van der Waals surface area contributed by atoms with Crippen LogP contribution in [0.5, 0.6) is 0 Å². The lowest BCUT2D eigenvalue weighted by atomic mass is 10.0. The summed E-state index contributed by atoms with van der Waals surface area (Å²) in [5.74, 6) is -0.305. The van der Waals surface area contributed by atoms with Crippen LogP contribution in [-0.2, 0) is 4.74 Å². The maximum atomic E-state index is 12.8. The molecule has 1 saturated heterocycles. The van der Waals surface area contributed by atoms with Crippen LogP contribution in [0, 0.1) is 12.7 Å². The van der Waals surface area contributed by atoms with Crippen LogP contribution in [0.4, 0.5) is 4.39 Å². The van der Waals surface area contributed by atoms with Crippen molar-refractivity contribution in [2.24, 2.45) is 0 Å². The molecule has 2 unspecified atom stereocenters. The Morgan fingerprint density at radius 3 is 2.32 bits per heavy atom. The highest BCUT2D eigenvalue weighted by Gasteiger charge is 2.46. The normalized spacial score (nSPS) is 21.2. The van der Waals surface area contributed by atoms with E-state index in [2.05, 4.69) is 0 Å². The zero-order chi connectivity index (χ0) is 13.4. The molecule has 0 amide bonds. The maximum Gasteiger partial charge on any atom is 0.194 e. The third kappa shape index (κ3) is 2.42. The molecular weight excluding hydrogens is 243 g/mol. The van der Waals surface area contributed by atoms with Gasteiger partial charge in [-0.05, 0) is 24.6 Å². The maximum absolute atomic E-state index is 12.8. The lowest BCUT2D eigenvalue weighted by Gasteiger charge is -1.99. The number of carbonyl (C=O) groups excluding carboxylic acids is 1. The Bertz CT molecular complexity index is 602. The van der Waals surface area contributed by atoms with Gasteiger partial charge in [0.15, 0.2) is 11.9 Å². The quantitative estimate of drug-likeness (QED) is 0.621. The molecule has 3 rings (SSSR count). The van der Waals surface area contributed by atoms with E-state index in [0.29, 0.717) is 5.56 Å². The minimum absolute atomic E-state index is 0.0191. The molecule has 0 aromatic heterocycles. The van der Waals surface area contributed by atoms with Crippen LogP contribution < -0.4 is 0 Å². The summed E-state index contributed by atoms with van der Waals surface area (Å²) in [7, 11) is 0. The Balaban J connectivity index is 1.74. The van der Waals surface area contributed by atoms with Crippen molar-refractivity contribution in [3.8, 4) is 0 Å². The molecule has 96 valence electrons. The molecule has 1 aliphatic rings. The first-order chi connectivity index (χ1) is 9.15. The van der Waals surface area contributed by atoms with Crippen LogP contribution in [0.15, 0.2) is 48.5 Å². The van der Waals surface area contributed by atoms with E-state index < -0.39 is 6.10 Å². The number of halogens is 1. The number of aryl methyl sites for hydroxylation is 1. The number of carbonyl (C=O) groups is 1.